The summed E-state index contributed by atoms with van der Waals surface area (Å²) in [5.41, 5.74) is 1.79. The van der Waals surface area contributed by atoms with Gasteiger partial charge in [0.15, 0.2) is 0 Å². The number of anilines is 2. The number of benzene rings is 1. The number of hydrogen-bond donors (Lipinski definition) is 1. The highest BCUT2D eigenvalue weighted by Crippen LogP contribution is 2.35. The van der Waals surface area contributed by atoms with E-state index in [2.05, 4.69) is 10.2 Å². The lowest BCUT2D eigenvalue weighted by Crippen LogP contribution is -2.36. The van der Waals surface area contributed by atoms with Gasteiger partial charge in [-0.05, 0) is 31.5 Å². The van der Waals surface area contributed by atoms with Crippen LogP contribution in [0.2, 0.25) is 0 Å². The fourth-order valence-corrected chi connectivity index (χ4v) is 4.45. The van der Waals surface area contributed by atoms with Crippen molar-refractivity contribution < 1.29 is 14.3 Å². The number of fused-ring (bicyclic) bond motifs is 1. The largest absolute Gasteiger partial charge is 0.462 e. The molecule has 3 aromatic rings. The van der Waals surface area contributed by atoms with E-state index >= 15 is 0 Å². The Morgan fingerprint density at radius 2 is 2.00 bits per heavy atom. The molecule has 1 aliphatic heterocycles. The lowest BCUT2D eigenvalue weighted by atomic mass is 10.2. The zero-order chi connectivity index (χ0) is 20.2. The van der Waals surface area contributed by atoms with E-state index in [1.165, 1.54) is 11.3 Å². The third-order valence-electron chi connectivity index (χ3n) is 4.80. The Bertz CT molecular complexity index is 1000. The van der Waals surface area contributed by atoms with E-state index in [1.807, 2.05) is 44.2 Å². The molecule has 1 saturated heterocycles. The Kier molecular flexibility index (Phi) is 6.03. The quantitative estimate of drug-likeness (QED) is 0.618. The standard InChI is InChI=1S/C21H24N4O3S/c1-3-28-21(26)18-14(2)17-19(22-15-7-5-4-6-8-15)23-16(24-20(17)29-18)13-25-9-11-27-12-10-25/h4-8H,3,9-13H2,1-2H3,(H,22,23,24). The summed E-state index contributed by atoms with van der Waals surface area (Å²) in [4.78, 5) is 25.7. The van der Waals surface area contributed by atoms with Crippen molar-refractivity contribution in [2.45, 2.75) is 20.4 Å². The molecule has 0 bridgehead atoms. The highest BCUT2D eigenvalue weighted by molar-refractivity contribution is 7.20. The minimum absolute atomic E-state index is 0.312. The average molecular weight is 413 g/mol. The number of thiophene rings is 1. The van der Waals surface area contributed by atoms with Gasteiger partial charge in [0.1, 0.15) is 21.3 Å². The molecule has 1 aliphatic rings. The fraction of sp³-hybridized carbons (Fsp3) is 0.381. The summed E-state index contributed by atoms with van der Waals surface area (Å²) in [5.74, 6) is 1.14. The molecular weight excluding hydrogens is 388 g/mol. The van der Waals surface area contributed by atoms with Gasteiger partial charge >= 0.3 is 5.97 Å². The van der Waals surface area contributed by atoms with Gasteiger partial charge < -0.3 is 14.8 Å². The topological polar surface area (TPSA) is 76.6 Å². The van der Waals surface area contributed by atoms with Crippen molar-refractivity contribution in [3.63, 3.8) is 0 Å². The normalized spacial score (nSPS) is 14.8. The maximum absolute atomic E-state index is 12.4. The number of esters is 1. The summed E-state index contributed by atoms with van der Waals surface area (Å²) in [6.07, 6.45) is 0. The summed E-state index contributed by atoms with van der Waals surface area (Å²) in [6.45, 7) is 7.89. The lowest BCUT2D eigenvalue weighted by molar-refractivity contribution is 0.0331. The van der Waals surface area contributed by atoms with E-state index < -0.39 is 0 Å². The average Bonchev–Trinajstić information content (AvgIpc) is 3.06. The summed E-state index contributed by atoms with van der Waals surface area (Å²) in [6, 6.07) is 9.90. The van der Waals surface area contributed by atoms with Crippen LogP contribution in [0.15, 0.2) is 30.3 Å². The van der Waals surface area contributed by atoms with E-state index in [4.69, 9.17) is 19.4 Å². The third kappa shape index (κ3) is 4.39. The van der Waals surface area contributed by atoms with Crippen molar-refractivity contribution >= 4 is 39.0 Å². The summed E-state index contributed by atoms with van der Waals surface area (Å²) in [7, 11) is 0. The highest BCUT2D eigenvalue weighted by atomic mass is 32.1. The van der Waals surface area contributed by atoms with E-state index in [-0.39, 0.29) is 5.97 Å². The number of aryl methyl sites for hydroxylation is 1. The molecule has 29 heavy (non-hydrogen) atoms. The highest BCUT2D eigenvalue weighted by Gasteiger charge is 2.22. The smallest absolute Gasteiger partial charge is 0.348 e. The number of rotatable bonds is 6. The van der Waals surface area contributed by atoms with Crippen molar-refractivity contribution in [3.8, 4) is 0 Å². The van der Waals surface area contributed by atoms with Crippen LogP contribution < -0.4 is 5.32 Å². The molecule has 0 saturated carbocycles. The monoisotopic (exact) mass is 412 g/mol. The second-order valence-corrected chi connectivity index (χ2v) is 7.82. The van der Waals surface area contributed by atoms with Gasteiger partial charge in [0.2, 0.25) is 0 Å². The number of hydrogen-bond acceptors (Lipinski definition) is 8. The first-order valence-electron chi connectivity index (χ1n) is 9.75. The van der Waals surface area contributed by atoms with E-state index in [9.17, 15) is 4.79 Å². The molecule has 0 spiro atoms. The third-order valence-corrected chi connectivity index (χ3v) is 5.97. The second kappa shape index (κ2) is 8.86. The Morgan fingerprint density at radius 3 is 2.72 bits per heavy atom. The molecule has 152 valence electrons. The van der Waals surface area contributed by atoms with Crippen molar-refractivity contribution in [1.82, 2.24) is 14.9 Å². The summed E-state index contributed by atoms with van der Waals surface area (Å²) >= 11 is 1.36. The first kappa shape index (κ1) is 19.8. The predicted molar refractivity (Wildman–Crippen MR) is 114 cm³/mol. The molecule has 0 atom stereocenters. The van der Waals surface area contributed by atoms with Gasteiger partial charge in [0, 0.05) is 18.8 Å². The van der Waals surface area contributed by atoms with Gasteiger partial charge in [-0.3, -0.25) is 4.90 Å². The first-order chi connectivity index (χ1) is 14.2. The molecule has 0 aliphatic carbocycles. The first-order valence-corrected chi connectivity index (χ1v) is 10.6. The Morgan fingerprint density at radius 1 is 1.24 bits per heavy atom. The zero-order valence-electron chi connectivity index (χ0n) is 16.6. The van der Waals surface area contributed by atoms with E-state index in [0.29, 0.717) is 23.8 Å². The molecule has 4 rings (SSSR count). The molecular formula is C21H24N4O3S. The number of morpholine rings is 1. The number of nitrogens with one attached hydrogen (secondary N) is 1. The Hall–Kier alpha value is -2.55. The number of ether oxygens (including phenoxy) is 2. The fourth-order valence-electron chi connectivity index (χ4n) is 3.35. The molecule has 0 amide bonds. The van der Waals surface area contributed by atoms with Crippen LogP contribution >= 0.6 is 11.3 Å². The number of carbonyl (C=O) groups excluding carboxylic acids is 1. The molecule has 2 aromatic heterocycles. The van der Waals surface area contributed by atoms with Crippen LogP contribution in [0.3, 0.4) is 0 Å². The van der Waals surface area contributed by atoms with Crippen LogP contribution in [0.25, 0.3) is 10.2 Å². The van der Waals surface area contributed by atoms with Crippen LogP contribution in [-0.4, -0.2) is 53.7 Å². The summed E-state index contributed by atoms with van der Waals surface area (Å²) in [5, 5.41) is 4.28. The van der Waals surface area contributed by atoms with Gasteiger partial charge in [0.25, 0.3) is 0 Å². The van der Waals surface area contributed by atoms with Crippen molar-refractivity contribution in [2.24, 2.45) is 0 Å². The molecule has 0 unspecified atom stereocenters. The minimum Gasteiger partial charge on any atom is -0.462 e. The van der Waals surface area contributed by atoms with Crippen LogP contribution in [0, 0.1) is 6.92 Å². The maximum atomic E-state index is 12.4. The number of para-hydroxylation sites is 1. The molecule has 1 fully saturated rings. The number of carbonyl (C=O) groups is 1. The molecule has 8 heteroatoms. The minimum atomic E-state index is -0.312. The van der Waals surface area contributed by atoms with Gasteiger partial charge in [-0.25, -0.2) is 14.8 Å². The van der Waals surface area contributed by atoms with E-state index in [1.54, 1.807) is 0 Å². The maximum Gasteiger partial charge on any atom is 0.348 e. The molecule has 7 nitrogen and oxygen atoms in total. The summed E-state index contributed by atoms with van der Waals surface area (Å²) < 4.78 is 10.7. The van der Waals surface area contributed by atoms with Crippen LogP contribution in [0.5, 0.6) is 0 Å². The molecule has 1 N–H and O–H groups in total. The van der Waals surface area contributed by atoms with Crippen molar-refractivity contribution in [3.05, 3.63) is 46.6 Å². The Balaban J connectivity index is 1.76. The van der Waals surface area contributed by atoms with Gasteiger partial charge in [0.05, 0.1) is 31.8 Å². The number of nitrogens with zero attached hydrogens (tertiary/aromatic N) is 3. The SMILES string of the molecule is CCOC(=O)c1sc2nc(CN3CCOCC3)nc(Nc3ccccc3)c2c1C. The second-order valence-electron chi connectivity index (χ2n) is 6.82. The molecule has 1 aromatic carbocycles. The predicted octanol–water partition coefficient (Wildman–Crippen LogP) is 3.75. The molecule has 0 radical (unpaired) electrons. The van der Waals surface area contributed by atoms with Gasteiger partial charge in [-0.15, -0.1) is 11.3 Å². The van der Waals surface area contributed by atoms with Crippen LogP contribution in [0.4, 0.5) is 11.5 Å². The van der Waals surface area contributed by atoms with Gasteiger partial charge in [-0.1, -0.05) is 18.2 Å². The van der Waals surface area contributed by atoms with Crippen molar-refractivity contribution in [2.75, 3.05) is 38.2 Å². The lowest BCUT2D eigenvalue weighted by Gasteiger charge is -2.25. The molecule has 3 heterocycles. The van der Waals surface area contributed by atoms with E-state index in [0.717, 1.165) is 53.6 Å². The van der Waals surface area contributed by atoms with Gasteiger partial charge in [-0.2, -0.15) is 0 Å². The van der Waals surface area contributed by atoms with Crippen molar-refractivity contribution in [1.29, 1.82) is 0 Å². The number of aromatic nitrogens is 2. The Labute approximate surface area is 173 Å². The van der Waals surface area contributed by atoms with Crippen LogP contribution in [-0.2, 0) is 16.0 Å². The van der Waals surface area contributed by atoms with Crippen LogP contribution in [0.1, 0.15) is 28.0 Å². The zero-order valence-corrected chi connectivity index (χ0v) is 17.4.